The van der Waals surface area contributed by atoms with Gasteiger partial charge in [0.05, 0.1) is 4.92 Å². The molecule has 0 aromatic heterocycles. The monoisotopic (exact) mass is 277 g/mol. The summed E-state index contributed by atoms with van der Waals surface area (Å²) in [7, 11) is 0. The van der Waals surface area contributed by atoms with E-state index in [4.69, 9.17) is 0 Å². The molecule has 0 N–H and O–H groups in total. The first-order valence-electron chi connectivity index (χ1n) is 3.50. The van der Waals surface area contributed by atoms with E-state index in [-0.39, 0.29) is 14.5 Å². The Morgan fingerprint density at radius 3 is 2.50 bits per heavy atom. The van der Waals surface area contributed by atoms with Crippen LogP contribution in [0, 0.1) is 10.1 Å². The molecule has 0 saturated carbocycles. The second kappa shape index (κ2) is 3.84. The Kier molecular flexibility index (Phi) is 3.02. The summed E-state index contributed by atoms with van der Waals surface area (Å²) in [5.41, 5.74) is 0.988. The van der Waals surface area contributed by atoms with Gasteiger partial charge in [0, 0.05) is 15.6 Å². The molecule has 0 aliphatic heterocycles. The van der Waals surface area contributed by atoms with Crippen LogP contribution in [-0.4, -0.2) is 4.92 Å². The number of nitro groups is 1. The van der Waals surface area contributed by atoms with Gasteiger partial charge in [0.15, 0.2) is 0 Å². The van der Waals surface area contributed by atoms with Crippen LogP contribution in [-0.2, 0) is 0 Å². The van der Waals surface area contributed by atoms with E-state index in [0.29, 0.717) is 0 Å². The largest absolute Gasteiger partial charge is 0.273 e. The van der Waals surface area contributed by atoms with Crippen LogP contribution < -0.4 is 0 Å². The van der Waals surface area contributed by atoms with E-state index >= 15 is 0 Å². The first kappa shape index (κ1) is 9.44. The van der Waals surface area contributed by atoms with E-state index in [9.17, 15) is 10.1 Å². The molecule has 0 saturated heterocycles. The third kappa shape index (κ3) is 1.94. The standard InChI is InChI=1S/C8H8INO2/c1-6(9)7-4-2-3-5-8(7)10(11)12/h2-6H,1H3. The second-order valence-corrected chi connectivity index (χ2v) is 4.30. The number of nitrogens with zero attached hydrogens (tertiary/aromatic N) is 1. The van der Waals surface area contributed by atoms with Crippen LogP contribution in [0.1, 0.15) is 16.4 Å². The van der Waals surface area contributed by atoms with Crippen molar-refractivity contribution in [3.63, 3.8) is 0 Å². The van der Waals surface area contributed by atoms with Crippen molar-refractivity contribution in [2.75, 3.05) is 0 Å². The van der Waals surface area contributed by atoms with Gasteiger partial charge in [0.2, 0.25) is 0 Å². The number of para-hydroxylation sites is 1. The van der Waals surface area contributed by atoms with E-state index in [1.165, 1.54) is 6.07 Å². The maximum atomic E-state index is 10.5. The molecule has 0 aliphatic rings. The Morgan fingerprint density at radius 2 is 2.08 bits per heavy atom. The molecule has 0 bridgehead atoms. The number of rotatable bonds is 2. The van der Waals surface area contributed by atoms with Crippen molar-refractivity contribution in [2.45, 2.75) is 10.8 Å². The van der Waals surface area contributed by atoms with Gasteiger partial charge in [-0.2, -0.15) is 0 Å². The maximum Gasteiger partial charge on any atom is 0.273 e. The van der Waals surface area contributed by atoms with Crippen LogP contribution in [0.2, 0.25) is 0 Å². The highest BCUT2D eigenvalue weighted by atomic mass is 127. The van der Waals surface area contributed by atoms with Crippen molar-refractivity contribution in [1.29, 1.82) is 0 Å². The van der Waals surface area contributed by atoms with Gasteiger partial charge in [0.1, 0.15) is 0 Å². The molecule has 64 valence electrons. The third-order valence-electron chi connectivity index (χ3n) is 1.56. The topological polar surface area (TPSA) is 43.1 Å². The zero-order valence-electron chi connectivity index (χ0n) is 6.53. The van der Waals surface area contributed by atoms with Crippen molar-refractivity contribution in [1.82, 2.24) is 0 Å². The molecule has 0 spiro atoms. The van der Waals surface area contributed by atoms with Crippen LogP contribution in [0.25, 0.3) is 0 Å². The lowest BCUT2D eigenvalue weighted by atomic mass is 10.1. The van der Waals surface area contributed by atoms with Gasteiger partial charge in [-0.1, -0.05) is 40.8 Å². The molecule has 0 fully saturated rings. The van der Waals surface area contributed by atoms with Gasteiger partial charge in [-0.3, -0.25) is 10.1 Å². The lowest BCUT2D eigenvalue weighted by Crippen LogP contribution is -1.94. The van der Waals surface area contributed by atoms with Crippen LogP contribution in [0.4, 0.5) is 5.69 Å². The summed E-state index contributed by atoms with van der Waals surface area (Å²) in [6.45, 7) is 1.93. The molecule has 1 aromatic carbocycles. The second-order valence-electron chi connectivity index (χ2n) is 2.43. The highest BCUT2D eigenvalue weighted by molar-refractivity contribution is 14.1. The molecule has 1 aromatic rings. The van der Waals surface area contributed by atoms with E-state index < -0.39 is 0 Å². The SMILES string of the molecule is CC(I)c1ccccc1[N+](=O)[O-]. The molecule has 1 rings (SSSR count). The highest BCUT2D eigenvalue weighted by Crippen LogP contribution is 2.30. The molecule has 3 nitrogen and oxygen atoms in total. The molecule has 1 atom stereocenters. The zero-order valence-corrected chi connectivity index (χ0v) is 8.69. The first-order chi connectivity index (χ1) is 5.63. The summed E-state index contributed by atoms with van der Waals surface area (Å²) in [5, 5.41) is 10.5. The molecular weight excluding hydrogens is 269 g/mol. The summed E-state index contributed by atoms with van der Waals surface area (Å²) in [6.07, 6.45) is 0. The Labute approximate surface area is 84.1 Å². The van der Waals surface area contributed by atoms with Crippen molar-refractivity contribution in [2.24, 2.45) is 0 Å². The molecule has 0 amide bonds. The van der Waals surface area contributed by atoms with Crippen LogP contribution >= 0.6 is 22.6 Å². The van der Waals surface area contributed by atoms with Crippen LogP contribution in [0.3, 0.4) is 0 Å². The van der Waals surface area contributed by atoms with E-state index in [1.54, 1.807) is 12.1 Å². The molecule has 0 heterocycles. The zero-order chi connectivity index (χ0) is 9.14. The fourth-order valence-electron chi connectivity index (χ4n) is 0.990. The summed E-state index contributed by atoms with van der Waals surface area (Å²) in [6, 6.07) is 6.82. The van der Waals surface area contributed by atoms with Gasteiger partial charge >= 0.3 is 0 Å². The number of hydrogen-bond acceptors (Lipinski definition) is 2. The number of hydrogen-bond donors (Lipinski definition) is 0. The smallest absolute Gasteiger partial charge is 0.258 e. The summed E-state index contributed by atoms with van der Waals surface area (Å²) >= 11 is 2.16. The van der Waals surface area contributed by atoms with Crippen LogP contribution in [0.15, 0.2) is 24.3 Å². The highest BCUT2D eigenvalue weighted by Gasteiger charge is 2.14. The molecule has 4 heteroatoms. The fraction of sp³-hybridized carbons (Fsp3) is 0.250. The summed E-state index contributed by atoms with van der Waals surface area (Å²) in [4.78, 5) is 10.2. The average molecular weight is 277 g/mol. The van der Waals surface area contributed by atoms with Gasteiger partial charge in [-0.15, -0.1) is 0 Å². The summed E-state index contributed by atoms with van der Waals surface area (Å²) in [5.74, 6) is 0. The minimum absolute atomic E-state index is 0.171. The number of benzene rings is 1. The third-order valence-corrected chi connectivity index (χ3v) is 2.23. The van der Waals surface area contributed by atoms with Crippen molar-refractivity contribution in [3.8, 4) is 0 Å². The number of alkyl halides is 1. The van der Waals surface area contributed by atoms with Crippen LogP contribution in [0.5, 0.6) is 0 Å². The quantitative estimate of drug-likeness (QED) is 0.361. The number of nitro benzene ring substituents is 1. The fourth-order valence-corrected chi connectivity index (χ4v) is 1.52. The lowest BCUT2D eigenvalue weighted by Gasteiger charge is -2.03. The minimum atomic E-state index is -0.343. The van der Waals surface area contributed by atoms with Gasteiger partial charge in [0.25, 0.3) is 5.69 Å². The van der Waals surface area contributed by atoms with Crippen molar-refractivity contribution >= 4 is 28.3 Å². The molecule has 1 unspecified atom stereocenters. The van der Waals surface area contributed by atoms with Crippen molar-refractivity contribution < 1.29 is 4.92 Å². The van der Waals surface area contributed by atoms with Crippen molar-refractivity contribution in [3.05, 3.63) is 39.9 Å². The van der Waals surface area contributed by atoms with E-state index in [0.717, 1.165) is 5.56 Å². The normalized spacial score (nSPS) is 12.5. The summed E-state index contributed by atoms with van der Waals surface area (Å²) < 4.78 is 0.171. The molecule has 12 heavy (non-hydrogen) atoms. The Hall–Kier alpha value is -0.650. The molecular formula is C8H8INO2. The predicted octanol–water partition coefficient (Wildman–Crippen LogP) is 3.09. The number of halogens is 1. The predicted molar refractivity (Wildman–Crippen MR) is 55.5 cm³/mol. The van der Waals surface area contributed by atoms with E-state index in [2.05, 4.69) is 22.6 Å². The Morgan fingerprint density at radius 1 is 1.50 bits per heavy atom. The Balaban J connectivity index is 3.17. The Bertz CT molecular complexity index is 299. The molecule has 0 aliphatic carbocycles. The van der Waals surface area contributed by atoms with Gasteiger partial charge in [-0.05, 0) is 6.92 Å². The minimum Gasteiger partial charge on any atom is -0.258 e. The van der Waals surface area contributed by atoms with Gasteiger partial charge in [-0.25, -0.2) is 0 Å². The maximum absolute atomic E-state index is 10.5. The van der Waals surface area contributed by atoms with E-state index in [1.807, 2.05) is 13.0 Å². The average Bonchev–Trinajstić information content (AvgIpc) is 2.04. The first-order valence-corrected chi connectivity index (χ1v) is 4.75. The molecule has 0 radical (unpaired) electrons. The lowest BCUT2D eigenvalue weighted by molar-refractivity contribution is -0.385. The van der Waals surface area contributed by atoms with Gasteiger partial charge < -0.3 is 0 Å².